The zero-order chi connectivity index (χ0) is 40.1. The highest BCUT2D eigenvalue weighted by atomic mass is 79.9. The smallest absolute Gasteiger partial charge is 0.166 e. The molecule has 8 bridgehead atoms. The van der Waals surface area contributed by atoms with Gasteiger partial charge in [-0.25, -0.2) is 34.0 Å². The maximum absolute atomic E-state index is 7.24. The summed E-state index contributed by atoms with van der Waals surface area (Å²) in [4.78, 5) is 32.8. The first-order valence-corrected chi connectivity index (χ1v) is 23.2. The van der Waals surface area contributed by atoms with Gasteiger partial charge in [0.25, 0.3) is 0 Å². The van der Waals surface area contributed by atoms with E-state index in [2.05, 4.69) is 101 Å². The zero-order valence-electron chi connectivity index (χ0n) is 25.8. The van der Waals surface area contributed by atoms with Gasteiger partial charge in [-0.05, 0) is 102 Å². The summed E-state index contributed by atoms with van der Waals surface area (Å²) >= 11 is 90.2. The summed E-state index contributed by atoms with van der Waals surface area (Å²) in [6.45, 7) is 0. The van der Waals surface area contributed by atoms with E-state index in [1.807, 2.05) is 6.07 Å². The van der Waals surface area contributed by atoms with Crippen LogP contribution in [0, 0.1) is 0 Å². The van der Waals surface area contributed by atoms with Crippen molar-refractivity contribution in [3.05, 3.63) is 78.1 Å². The second-order valence-corrected chi connectivity index (χ2v) is 20.2. The van der Waals surface area contributed by atoms with Crippen LogP contribution < -0.4 is 0 Å². The molecule has 9 rings (SSSR count). The molecule has 1 N–H and O–H groups in total. The SMILES string of the molecule is Clc1c(Cl)c(Cl)c2c(c1Cl)-c1nc-2nc2c3c(Cl)c(Br)c(Br)c(Br)c3c(nc3nc(nc4[nH]c(n1)c1c(Cl)c(Cl)c(Cl)c(Cl)c41)-c1cc(Br)c(Br)c(Br)c1-3)n2Cl. The third-order valence-electron chi connectivity index (χ3n) is 8.69. The number of fused-ring (bicyclic) bond motifs is 20. The van der Waals surface area contributed by atoms with Gasteiger partial charge < -0.3 is 4.98 Å². The van der Waals surface area contributed by atoms with Crippen molar-refractivity contribution in [3.63, 3.8) is 0 Å². The lowest BCUT2D eigenvalue weighted by molar-refractivity contribution is 1.17. The summed E-state index contributed by atoms with van der Waals surface area (Å²) in [7, 11) is 0. The van der Waals surface area contributed by atoms with Gasteiger partial charge in [0.1, 0.15) is 11.3 Å². The average molecular weight is 1330 g/mol. The molecule has 2 aliphatic heterocycles. The molecule has 0 spiro atoms. The Hall–Kier alpha value is 0.0200. The Labute approximate surface area is 413 Å². The van der Waals surface area contributed by atoms with E-state index in [1.165, 1.54) is 4.09 Å². The van der Waals surface area contributed by atoms with E-state index in [0.717, 1.165) is 0 Å². The fraction of sp³-hybridized carbons (Fsp3) is 0. The van der Waals surface area contributed by atoms with E-state index in [4.69, 9.17) is 146 Å². The van der Waals surface area contributed by atoms with Crippen molar-refractivity contribution >= 4 is 256 Å². The van der Waals surface area contributed by atoms with E-state index in [9.17, 15) is 0 Å². The Kier molecular flexibility index (Phi) is 11.0. The number of H-pyrrole nitrogens is 1. The van der Waals surface area contributed by atoms with E-state index >= 15 is 0 Å². The van der Waals surface area contributed by atoms with Crippen LogP contribution in [-0.2, 0) is 0 Å². The number of benzene rings is 4. The topological polar surface area (TPSA) is 98.1 Å². The molecule has 0 saturated carbocycles. The van der Waals surface area contributed by atoms with Gasteiger partial charge in [-0.3, -0.25) is 0 Å². The molecule has 4 aromatic carbocycles. The largest absolute Gasteiger partial charge is 0.324 e. The first kappa shape index (κ1) is 41.4. The number of nitrogens with one attached hydrogen (secondary N) is 1. The van der Waals surface area contributed by atoms with E-state index < -0.39 is 0 Å². The summed E-state index contributed by atoms with van der Waals surface area (Å²) in [6.07, 6.45) is 0. The Morgan fingerprint density at radius 2 is 0.875 bits per heavy atom. The van der Waals surface area contributed by atoms with Crippen LogP contribution in [0.15, 0.2) is 32.9 Å². The molecule has 56 heavy (non-hydrogen) atoms. The van der Waals surface area contributed by atoms with Crippen molar-refractivity contribution in [3.8, 4) is 45.6 Å². The summed E-state index contributed by atoms with van der Waals surface area (Å²) in [5, 5.41) is 1.54. The first-order valence-electron chi connectivity index (χ1n) is 14.7. The molecule has 7 aromatic rings. The van der Waals surface area contributed by atoms with Crippen LogP contribution in [0.5, 0.6) is 0 Å². The van der Waals surface area contributed by atoms with Crippen molar-refractivity contribution in [1.29, 1.82) is 0 Å². The summed E-state index contributed by atoms with van der Waals surface area (Å²) in [5.74, 6) is 0.421. The van der Waals surface area contributed by atoms with Gasteiger partial charge in [0, 0.05) is 50.7 Å². The maximum Gasteiger partial charge on any atom is 0.166 e. The number of nitrogens with zero attached hydrogens (tertiary/aromatic N) is 7. The molecule has 0 unspecified atom stereocenters. The van der Waals surface area contributed by atoms with Crippen molar-refractivity contribution in [2.75, 3.05) is 0 Å². The molecule has 0 amide bonds. The van der Waals surface area contributed by atoms with Gasteiger partial charge in [0.05, 0.1) is 77.0 Å². The monoisotopic (exact) mass is 1320 g/mol. The highest BCUT2D eigenvalue weighted by molar-refractivity contribution is 9.15. The Bertz CT molecular complexity index is 3250. The number of halogens is 16. The standard InChI is InChI=1S/C32H2Br6Cl10N8/c33-3-1-2-4(12(35)11(3)34)26-49-25(2)50-27-6-7(18(41)22(45)21(44)17(6)40)28(51-27)52-29-8-9(20(43)24(47)23(46)19(8)42)30(53-29)55-32-10-5(31(54-26)56(32)48)13(36)14(37)15(38)16(10)39/h1H,(H,49,50,51,52,53,54,55). The number of rotatable bonds is 0. The lowest BCUT2D eigenvalue weighted by atomic mass is 10.1. The molecule has 3 aromatic heterocycles. The Morgan fingerprint density at radius 3 is 1.45 bits per heavy atom. The van der Waals surface area contributed by atoms with E-state index in [1.54, 1.807) is 0 Å². The van der Waals surface area contributed by atoms with Gasteiger partial charge >= 0.3 is 0 Å². The third kappa shape index (κ3) is 5.93. The second kappa shape index (κ2) is 14.8. The summed E-state index contributed by atoms with van der Waals surface area (Å²) < 4.78 is 4.83. The molecule has 0 atom stereocenters. The molecule has 0 radical (unpaired) electrons. The second-order valence-electron chi connectivity index (χ2n) is 11.6. The molecule has 8 nitrogen and oxygen atoms in total. The molecule has 0 aliphatic carbocycles. The molecule has 0 saturated heterocycles. The van der Waals surface area contributed by atoms with Gasteiger partial charge in [-0.15, -0.1) is 0 Å². The van der Waals surface area contributed by atoms with Crippen LogP contribution >= 0.6 is 212 Å². The molecule has 0 fully saturated rings. The number of aromatic nitrogens is 8. The minimum absolute atomic E-state index is 0.000691. The Morgan fingerprint density at radius 1 is 0.411 bits per heavy atom. The fourth-order valence-corrected chi connectivity index (χ4v) is 12.2. The highest BCUT2D eigenvalue weighted by Crippen LogP contribution is 2.53. The quantitative estimate of drug-likeness (QED) is 0.120. The van der Waals surface area contributed by atoms with Crippen molar-refractivity contribution in [2.45, 2.75) is 0 Å². The predicted octanol–water partition coefficient (Wildman–Crippen LogP) is 17.8. The minimum atomic E-state index is -0.0447. The van der Waals surface area contributed by atoms with Gasteiger partial charge in [0.2, 0.25) is 0 Å². The van der Waals surface area contributed by atoms with Crippen LogP contribution in [-0.4, -0.2) is 39.0 Å². The van der Waals surface area contributed by atoms with Gasteiger partial charge in [0.15, 0.2) is 34.6 Å². The summed E-state index contributed by atoms with van der Waals surface area (Å²) in [5.41, 5.74) is 2.10. The predicted molar refractivity (Wildman–Crippen MR) is 252 cm³/mol. The molecule has 5 heterocycles. The molecule has 24 heteroatoms. The number of aromatic amines is 1. The lowest BCUT2D eigenvalue weighted by Gasteiger charge is -2.09. The van der Waals surface area contributed by atoms with Crippen LogP contribution in [0.25, 0.3) is 89.7 Å². The molecule has 2 aliphatic rings. The maximum atomic E-state index is 7.24. The van der Waals surface area contributed by atoms with Gasteiger partial charge in [-0.2, -0.15) is 0 Å². The van der Waals surface area contributed by atoms with E-state index in [0.29, 0.717) is 48.7 Å². The zero-order valence-corrected chi connectivity index (χ0v) is 42.8. The third-order valence-corrected chi connectivity index (χ3v) is 20.0. The van der Waals surface area contributed by atoms with Gasteiger partial charge in [-0.1, -0.05) is 104 Å². The Balaban J connectivity index is 1.62. The average Bonchev–Trinajstić information content (AvgIpc) is 3.89. The van der Waals surface area contributed by atoms with Crippen LogP contribution in [0.2, 0.25) is 45.2 Å². The van der Waals surface area contributed by atoms with Crippen LogP contribution in [0.1, 0.15) is 0 Å². The van der Waals surface area contributed by atoms with Crippen LogP contribution in [0.3, 0.4) is 0 Å². The molecular formula is C32H2Br6Cl10N8. The number of hydrogen-bond donors (Lipinski definition) is 1. The van der Waals surface area contributed by atoms with Crippen molar-refractivity contribution in [2.24, 2.45) is 0 Å². The summed E-state index contributed by atoms with van der Waals surface area (Å²) in [6, 6.07) is 1.83. The lowest BCUT2D eigenvalue weighted by Crippen LogP contribution is -1.90. The van der Waals surface area contributed by atoms with Crippen molar-refractivity contribution < 1.29 is 0 Å². The first-order chi connectivity index (χ1) is 26.4. The van der Waals surface area contributed by atoms with E-state index in [-0.39, 0.29) is 113 Å². The fourth-order valence-electron chi connectivity index (χ4n) is 6.24. The van der Waals surface area contributed by atoms with Crippen LogP contribution in [0.4, 0.5) is 0 Å². The minimum Gasteiger partial charge on any atom is -0.324 e. The molecule has 282 valence electrons. The highest BCUT2D eigenvalue weighted by Gasteiger charge is 2.33. The normalized spacial score (nSPS) is 12.3. The molecular weight excluding hydrogens is 1330 g/mol. The van der Waals surface area contributed by atoms with Crippen molar-refractivity contribution in [1.82, 2.24) is 39.0 Å². The number of hydrogen-bond acceptors (Lipinski definition) is 6.